The maximum absolute atomic E-state index is 12.3. The summed E-state index contributed by atoms with van der Waals surface area (Å²) in [5.74, 6) is 0.891. The van der Waals surface area contributed by atoms with Crippen LogP contribution in [0.25, 0.3) is 0 Å². The van der Waals surface area contributed by atoms with E-state index in [1.807, 2.05) is 12.1 Å². The normalized spacial score (nSPS) is 12.8. The van der Waals surface area contributed by atoms with Crippen LogP contribution in [0.5, 0.6) is 0 Å². The summed E-state index contributed by atoms with van der Waals surface area (Å²) in [5, 5.41) is 12.1. The van der Waals surface area contributed by atoms with Gasteiger partial charge in [0.15, 0.2) is 0 Å². The van der Waals surface area contributed by atoms with Gasteiger partial charge in [0.25, 0.3) is 5.91 Å². The second kappa shape index (κ2) is 6.11. The van der Waals surface area contributed by atoms with E-state index in [4.69, 9.17) is 11.5 Å². The number of anilines is 1. The number of carbonyl (C=O) groups excluding carboxylic acids is 1. The summed E-state index contributed by atoms with van der Waals surface area (Å²) in [6.07, 6.45) is 7.12. The van der Waals surface area contributed by atoms with E-state index < -0.39 is 12.5 Å². The van der Waals surface area contributed by atoms with Crippen LogP contribution in [0.2, 0.25) is 0 Å². The number of carbonyl (C=O) groups is 2. The molecule has 0 bridgehead atoms. The summed E-state index contributed by atoms with van der Waals surface area (Å²) in [6, 6.07) is 5.37. The highest BCUT2D eigenvalue weighted by Gasteiger charge is 2.19. The van der Waals surface area contributed by atoms with Gasteiger partial charge < -0.3 is 15.3 Å². The van der Waals surface area contributed by atoms with Gasteiger partial charge in [-0.3, -0.25) is 9.59 Å². The van der Waals surface area contributed by atoms with Crippen molar-refractivity contribution in [2.24, 2.45) is 0 Å². The molecule has 1 heterocycles. The number of hydrogen-bond acceptors (Lipinski definition) is 3. The molecule has 1 aromatic rings. The Morgan fingerprint density at radius 2 is 2.25 bits per heavy atom. The summed E-state index contributed by atoms with van der Waals surface area (Å²) < 4.78 is 0. The second-order valence-electron chi connectivity index (χ2n) is 4.66. The molecule has 0 atom stereocenters. The summed E-state index contributed by atoms with van der Waals surface area (Å²) in [7, 11) is 0. The monoisotopic (exact) mass is 272 g/mol. The summed E-state index contributed by atoms with van der Waals surface area (Å²) in [5.41, 5.74) is 2.59. The Morgan fingerprint density at radius 3 is 2.95 bits per heavy atom. The highest BCUT2D eigenvalue weighted by atomic mass is 16.4. The van der Waals surface area contributed by atoms with Gasteiger partial charge >= 0.3 is 5.97 Å². The molecule has 5 heteroatoms. The van der Waals surface area contributed by atoms with Gasteiger partial charge in [-0.05, 0) is 36.6 Å². The first-order valence-electron chi connectivity index (χ1n) is 6.43. The fourth-order valence-electron chi connectivity index (χ4n) is 2.26. The molecular formula is C15H16N2O3. The Hall–Kier alpha value is -2.48. The third-order valence-corrected chi connectivity index (χ3v) is 3.19. The number of nitrogens with one attached hydrogen (secondary N) is 1. The van der Waals surface area contributed by atoms with E-state index in [0.29, 0.717) is 5.56 Å². The molecule has 0 saturated heterocycles. The number of rotatable bonds is 4. The molecule has 1 aliphatic rings. The molecule has 0 fully saturated rings. The third kappa shape index (κ3) is 3.09. The van der Waals surface area contributed by atoms with Crippen molar-refractivity contribution in [3.63, 3.8) is 0 Å². The highest BCUT2D eigenvalue weighted by Crippen LogP contribution is 2.23. The lowest BCUT2D eigenvalue weighted by molar-refractivity contribution is -0.137. The number of carboxylic acids is 1. The van der Waals surface area contributed by atoms with Gasteiger partial charge in [-0.1, -0.05) is 5.92 Å². The second-order valence-corrected chi connectivity index (χ2v) is 4.66. The van der Waals surface area contributed by atoms with Crippen LogP contribution in [-0.2, 0) is 11.2 Å². The molecule has 0 unspecified atom stereocenters. The van der Waals surface area contributed by atoms with E-state index in [9.17, 15) is 9.59 Å². The van der Waals surface area contributed by atoms with E-state index in [0.717, 1.165) is 35.5 Å². The number of terminal acetylenes is 1. The molecule has 104 valence electrons. The van der Waals surface area contributed by atoms with Crippen LogP contribution in [0, 0.1) is 12.3 Å². The number of aliphatic carboxylic acids is 1. The zero-order valence-electron chi connectivity index (χ0n) is 11.1. The number of aryl methyl sites for hydroxylation is 1. The maximum atomic E-state index is 12.3. The largest absolute Gasteiger partial charge is 0.480 e. The van der Waals surface area contributed by atoms with Crippen LogP contribution in [0.4, 0.5) is 5.69 Å². The SMILES string of the molecule is C#CCN(CC(=O)O)C(=O)c1ccc2c(c1)CCCN2. The van der Waals surface area contributed by atoms with Gasteiger partial charge in [0.1, 0.15) is 6.54 Å². The number of carboxylic acid groups (broad SMARTS) is 1. The lowest BCUT2D eigenvalue weighted by atomic mass is 10.0. The molecule has 0 aliphatic carbocycles. The molecule has 2 N–H and O–H groups in total. The Morgan fingerprint density at radius 1 is 1.45 bits per heavy atom. The maximum Gasteiger partial charge on any atom is 0.323 e. The summed E-state index contributed by atoms with van der Waals surface area (Å²) in [6.45, 7) is 0.529. The van der Waals surface area contributed by atoms with Crippen LogP contribution >= 0.6 is 0 Å². The van der Waals surface area contributed by atoms with Crippen molar-refractivity contribution < 1.29 is 14.7 Å². The molecule has 0 spiro atoms. The van der Waals surface area contributed by atoms with Gasteiger partial charge in [0, 0.05) is 17.8 Å². The lowest BCUT2D eigenvalue weighted by Crippen LogP contribution is -2.36. The van der Waals surface area contributed by atoms with Gasteiger partial charge in [-0.25, -0.2) is 0 Å². The molecule has 20 heavy (non-hydrogen) atoms. The standard InChI is InChI=1S/C15H16N2O3/c1-2-8-17(10-14(18)19)15(20)12-5-6-13-11(9-12)4-3-7-16-13/h1,5-6,9,16H,3-4,7-8,10H2,(H,18,19). The fourth-order valence-corrected chi connectivity index (χ4v) is 2.26. The van der Waals surface area contributed by atoms with Crippen LogP contribution in [0.15, 0.2) is 18.2 Å². The minimum atomic E-state index is -1.08. The van der Waals surface area contributed by atoms with Gasteiger partial charge in [0.2, 0.25) is 0 Å². The quantitative estimate of drug-likeness (QED) is 0.808. The van der Waals surface area contributed by atoms with Gasteiger partial charge in [-0.15, -0.1) is 6.42 Å². The Balaban J connectivity index is 2.22. The molecule has 1 amide bonds. The molecular weight excluding hydrogens is 256 g/mol. The van der Waals surface area contributed by atoms with Crippen molar-refractivity contribution in [3.8, 4) is 12.3 Å². The highest BCUT2D eigenvalue weighted by molar-refractivity contribution is 5.96. The predicted octanol–water partition coefficient (Wildman–Crippen LogP) is 1.20. The molecule has 0 saturated carbocycles. The van der Waals surface area contributed by atoms with Crippen molar-refractivity contribution >= 4 is 17.6 Å². The van der Waals surface area contributed by atoms with E-state index in [1.54, 1.807) is 6.07 Å². The van der Waals surface area contributed by atoms with Crippen molar-refractivity contribution in [2.75, 3.05) is 25.0 Å². The average molecular weight is 272 g/mol. The zero-order valence-corrected chi connectivity index (χ0v) is 11.1. The van der Waals surface area contributed by atoms with Crippen LogP contribution < -0.4 is 5.32 Å². The Kier molecular flexibility index (Phi) is 4.26. The third-order valence-electron chi connectivity index (χ3n) is 3.19. The molecule has 1 aliphatic heterocycles. The van der Waals surface area contributed by atoms with Crippen molar-refractivity contribution in [1.29, 1.82) is 0 Å². The molecule has 5 nitrogen and oxygen atoms in total. The van der Waals surface area contributed by atoms with Crippen molar-refractivity contribution in [2.45, 2.75) is 12.8 Å². The van der Waals surface area contributed by atoms with Gasteiger partial charge in [-0.2, -0.15) is 0 Å². The van der Waals surface area contributed by atoms with Crippen LogP contribution in [-0.4, -0.2) is 41.5 Å². The number of amides is 1. The average Bonchev–Trinajstić information content (AvgIpc) is 2.45. The van der Waals surface area contributed by atoms with E-state index in [2.05, 4.69) is 11.2 Å². The number of nitrogens with zero attached hydrogens (tertiary/aromatic N) is 1. The van der Waals surface area contributed by atoms with Crippen LogP contribution in [0.3, 0.4) is 0 Å². The molecule has 0 aromatic heterocycles. The summed E-state index contributed by atoms with van der Waals surface area (Å²) in [4.78, 5) is 24.2. The number of hydrogen-bond donors (Lipinski definition) is 2. The lowest BCUT2D eigenvalue weighted by Gasteiger charge is -2.21. The smallest absolute Gasteiger partial charge is 0.323 e. The first kappa shape index (κ1) is 13.9. The first-order chi connectivity index (χ1) is 9.61. The molecule has 0 radical (unpaired) electrons. The van der Waals surface area contributed by atoms with Crippen molar-refractivity contribution in [1.82, 2.24) is 4.90 Å². The zero-order chi connectivity index (χ0) is 14.5. The van der Waals surface area contributed by atoms with Gasteiger partial charge in [0.05, 0.1) is 6.54 Å². The first-order valence-corrected chi connectivity index (χ1v) is 6.43. The Labute approximate surface area is 117 Å². The molecule has 2 rings (SSSR count). The molecule has 1 aromatic carbocycles. The topological polar surface area (TPSA) is 69.6 Å². The van der Waals surface area contributed by atoms with Crippen molar-refractivity contribution in [3.05, 3.63) is 29.3 Å². The fraction of sp³-hybridized carbons (Fsp3) is 0.333. The minimum Gasteiger partial charge on any atom is -0.480 e. The number of fused-ring (bicyclic) bond motifs is 1. The Bertz CT molecular complexity index is 575. The van der Waals surface area contributed by atoms with E-state index in [1.165, 1.54) is 0 Å². The minimum absolute atomic E-state index is 0.0134. The van der Waals surface area contributed by atoms with E-state index >= 15 is 0 Å². The van der Waals surface area contributed by atoms with E-state index in [-0.39, 0.29) is 12.5 Å². The predicted molar refractivity (Wildman–Crippen MR) is 75.6 cm³/mol. The van der Waals surface area contributed by atoms with Crippen LogP contribution in [0.1, 0.15) is 22.3 Å². The number of benzene rings is 1. The summed E-state index contributed by atoms with van der Waals surface area (Å²) >= 11 is 0.